The molecule has 0 aliphatic carbocycles. The van der Waals surface area contributed by atoms with Crippen LogP contribution in [0.25, 0.3) is 0 Å². The van der Waals surface area contributed by atoms with Crippen molar-refractivity contribution < 1.29 is 28.8 Å². The Balaban J connectivity index is 3.36. The Hall–Kier alpha value is 0.140. The molecule has 4 unspecified atom stereocenters. The van der Waals surface area contributed by atoms with Crippen molar-refractivity contribution in [3.05, 3.63) is 0 Å². The van der Waals surface area contributed by atoms with Gasteiger partial charge >= 0.3 is 0 Å². The third-order valence-corrected chi connectivity index (χ3v) is 7.65. The number of aliphatic hydroxyl groups excluding tert-OH is 4. The molecule has 24 heavy (non-hydrogen) atoms. The SMILES string of the molecule is O=S(CCCCCCCCCCCC(O)CO)S(=O)CC(O)CO. The largest absolute Gasteiger partial charge is 0.394 e. The third-order valence-electron chi connectivity index (χ3n) is 3.81. The molecule has 0 fully saturated rings. The first-order valence-corrected chi connectivity index (χ1v) is 12.0. The van der Waals surface area contributed by atoms with Gasteiger partial charge in [0.2, 0.25) is 0 Å². The van der Waals surface area contributed by atoms with E-state index in [1.54, 1.807) is 0 Å². The quantitative estimate of drug-likeness (QED) is 0.219. The second-order valence-corrected chi connectivity index (χ2v) is 10.3. The van der Waals surface area contributed by atoms with Crippen LogP contribution in [0.2, 0.25) is 0 Å². The Bertz CT molecular complexity index is 341. The van der Waals surface area contributed by atoms with Crippen LogP contribution in [0.1, 0.15) is 64.2 Å². The highest BCUT2D eigenvalue weighted by Gasteiger charge is 2.14. The summed E-state index contributed by atoms with van der Waals surface area (Å²) in [6.45, 7) is -0.606. The van der Waals surface area contributed by atoms with E-state index in [-0.39, 0.29) is 12.4 Å². The first-order valence-electron chi connectivity index (χ1n) is 8.86. The molecule has 4 atom stereocenters. The standard InChI is InChI=1S/C16H34O6S2/c17-12-15(19)10-8-6-4-2-1-3-5-7-9-11-23(21)24(22)14-16(20)13-18/h15-20H,1-14H2. The predicted molar refractivity (Wildman–Crippen MR) is 98.4 cm³/mol. The highest BCUT2D eigenvalue weighted by Crippen LogP contribution is 2.12. The van der Waals surface area contributed by atoms with E-state index in [9.17, 15) is 13.5 Å². The minimum atomic E-state index is -1.58. The van der Waals surface area contributed by atoms with E-state index in [0.29, 0.717) is 12.2 Å². The molecule has 4 N–H and O–H groups in total. The molecule has 0 amide bonds. The van der Waals surface area contributed by atoms with E-state index >= 15 is 0 Å². The first kappa shape index (κ1) is 24.1. The van der Waals surface area contributed by atoms with E-state index in [4.69, 9.17) is 15.3 Å². The zero-order valence-electron chi connectivity index (χ0n) is 14.5. The molecule has 0 aliphatic heterocycles. The third kappa shape index (κ3) is 14.5. The molecule has 0 spiro atoms. The van der Waals surface area contributed by atoms with Crippen LogP contribution in [0.3, 0.4) is 0 Å². The van der Waals surface area contributed by atoms with Crippen LogP contribution < -0.4 is 0 Å². The number of hydrogen-bond acceptors (Lipinski definition) is 6. The Morgan fingerprint density at radius 3 is 1.58 bits per heavy atom. The number of aliphatic hydroxyl groups is 4. The van der Waals surface area contributed by atoms with Crippen molar-refractivity contribution in [1.29, 1.82) is 0 Å². The molecule has 8 heteroatoms. The van der Waals surface area contributed by atoms with Crippen molar-refractivity contribution in [2.75, 3.05) is 24.7 Å². The van der Waals surface area contributed by atoms with Crippen LogP contribution in [0.5, 0.6) is 0 Å². The van der Waals surface area contributed by atoms with Gasteiger partial charge in [0.05, 0.1) is 31.2 Å². The second kappa shape index (κ2) is 16.6. The zero-order chi connectivity index (χ0) is 18.2. The fraction of sp³-hybridized carbons (Fsp3) is 1.00. The van der Waals surface area contributed by atoms with Crippen molar-refractivity contribution >= 4 is 19.7 Å². The van der Waals surface area contributed by atoms with E-state index in [1.807, 2.05) is 0 Å². The van der Waals surface area contributed by atoms with Crippen LogP contribution in [0.15, 0.2) is 0 Å². The Kier molecular flexibility index (Phi) is 16.7. The van der Waals surface area contributed by atoms with Gasteiger partial charge in [-0.25, -0.2) is 8.42 Å². The highest BCUT2D eigenvalue weighted by atomic mass is 33.1. The first-order chi connectivity index (χ1) is 11.5. The lowest BCUT2D eigenvalue weighted by Crippen LogP contribution is -2.23. The van der Waals surface area contributed by atoms with Crippen molar-refractivity contribution in [2.24, 2.45) is 0 Å². The Morgan fingerprint density at radius 2 is 1.08 bits per heavy atom. The zero-order valence-corrected chi connectivity index (χ0v) is 16.1. The van der Waals surface area contributed by atoms with Gasteiger partial charge < -0.3 is 20.4 Å². The fourth-order valence-electron chi connectivity index (χ4n) is 2.31. The number of hydrogen-bond donors (Lipinski definition) is 4. The summed E-state index contributed by atoms with van der Waals surface area (Å²) in [5.41, 5.74) is 0. The molecule has 0 saturated carbocycles. The van der Waals surface area contributed by atoms with Crippen molar-refractivity contribution in [1.82, 2.24) is 0 Å². The van der Waals surface area contributed by atoms with Gasteiger partial charge in [-0.2, -0.15) is 0 Å². The van der Waals surface area contributed by atoms with Crippen LogP contribution in [0.4, 0.5) is 0 Å². The van der Waals surface area contributed by atoms with Gasteiger partial charge in [-0.3, -0.25) is 0 Å². The number of unbranched alkanes of at least 4 members (excludes halogenated alkanes) is 8. The summed E-state index contributed by atoms with van der Waals surface area (Å²) in [4.78, 5) is 0. The summed E-state index contributed by atoms with van der Waals surface area (Å²) >= 11 is 0. The molecule has 0 aromatic carbocycles. The molecular weight excluding hydrogens is 352 g/mol. The second-order valence-electron chi connectivity index (χ2n) is 6.12. The molecular formula is C16H34O6S2. The topological polar surface area (TPSA) is 115 Å². The highest BCUT2D eigenvalue weighted by molar-refractivity contribution is 8.61. The van der Waals surface area contributed by atoms with Crippen molar-refractivity contribution in [3.8, 4) is 0 Å². The minimum Gasteiger partial charge on any atom is -0.394 e. The Labute approximate surface area is 150 Å². The normalized spacial score (nSPS) is 16.7. The molecule has 0 aromatic heterocycles. The summed E-state index contributed by atoms with van der Waals surface area (Å²) in [6.07, 6.45) is 8.52. The Morgan fingerprint density at radius 1 is 0.625 bits per heavy atom. The van der Waals surface area contributed by atoms with Gasteiger partial charge in [0.1, 0.15) is 19.7 Å². The van der Waals surface area contributed by atoms with E-state index in [0.717, 1.165) is 44.9 Å². The van der Waals surface area contributed by atoms with E-state index < -0.39 is 38.5 Å². The average Bonchev–Trinajstić information content (AvgIpc) is 2.58. The maximum Gasteiger partial charge on any atom is 0.113 e. The maximum absolute atomic E-state index is 11.7. The predicted octanol–water partition coefficient (Wildman–Crippen LogP) is 1.01. The van der Waals surface area contributed by atoms with E-state index in [2.05, 4.69) is 0 Å². The monoisotopic (exact) mass is 386 g/mol. The number of rotatable bonds is 17. The van der Waals surface area contributed by atoms with Crippen molar-refractivity contribution in [2.45, 2.75) is 76.4 Å². The van der Waals surface area contributed by atoms with Crippen molar-refractivity contribution in [3.63, 3.8) is 0 Å². The molecule has 0 aromatic rings. The maximum atomic E-state index is 11.7. The van der Waals surface area contributed by atoms with Crippen LogP contribution in [-0.4, -0.2) is 65.8 Å². The molecule has 146 valence electrons. The van der Waals surface area contributed by atoms with E-state index in [1.165, 1.54) is 12.8 Å². The molecule has 0 rings (SSSR count). The summed E-state index contributed by atoms with van der Waals surface area (Å²) in [7, 11) is -3.03. The van der Waals surface area contributed by atoms with Gasteiger partial charge in [-0.05, 0) is 12.8 Å². The smallest absolute Gasteiger partial charge is 0.113 e. The van der Waals surface area contributed by atoms with Gasteiger partial charge in [-0.15, -0.1) is 0 Å². The summed E-state index contributed by atoms with van der Waals surface area (Å²) in [5.74, 6) is 0.260. The fourth-order valence-corrected chi connectivity index (χ4v) is 5.34. The van der Waals surface area contributed by atoms with Gasteiger partial charge in [0.25, 0.3) is 0 Å². The van der Waals surface area contributed by atoms with Crippen LogP contribution in [-0.2, 0) is 19.7 Å². The summed E-state index contributed by atoms with van der Waals surface area (Å²) in [6, 6.07) is 0. The average molecular weight is 387 g/mol. The minimum absolute atomic E-state index is 0.127. The van der Waals surface area contributed by atoms with Gasteiger partial charge in [-0.1, -0.05) is 51.4 Å². The lowest BCUT2D eigenvalue weighted by atomic mass is 10.1. The van der Waals surface area contributed by atoms with Crippen LogP contribution in [0, 0.1) is 0 Å². The molecule has 0 saturated heterocycles. The molecule has 0 radical (unpaired) electrons. The molecule has 0 aliphatic rings. The van der Waals surface area contributed by atoms with Gasteiger partial charge in [0.15, 0.2) is 0 Å². The lowest BCUT2D eigenvalue weighted by Gasteiger charge is -2.07. The van der Waals surface area contributed by atoms with Gasteiger partial charge in [0, 0.05) is 5.75 Å². The molecule has 6 nitrogen and oxygen atoms in total. The van der Waals surface area contributed by atoms with Crippen LogP contribution >= 0.6 is 0 Å². The summed E-state index contributed by atoms with van der Waals surface area (Å²) < 4.78 is 23.3. The summed E-state index contributed by atoms with van der Waals surface area (Å²) in [5, 5.41) is 35.7. The molecule has 0 heterocycles. The lowest BCUT2D eigenvalue weighted by molar-refractivity contribution is 0.0860. The molecule has 0 bridgehead atoms.